The van der Waals surface area contributed by atoms with Crippen molar-refractivity contribution in [1.29, 1.82) is 0 Å². The Morgan fingerprint density at radius 2 is 1.73 bits per heavy atom. The Balaban J connectivity index is 1.20. The van der Waals surface area contributed by atoms with Crippen molar-refractivity contribution >= 4 is 23.2 Å². The lowest BCUT2D eigenvalue weighted by Crippen LogP contribution is -2.23. The van der Waals surface area contributed by atoms with Gasteiger partial charge in [0, 0.05) is 12.5 Å². The molecule has 6 aromatic rings. The highest BCUT2D eigenvalue weighted by atomic mass is 16.8. The Hall–Kier alpha value is -6.31. The van der Waals surface area contributed by atoms with Crippen LogP contribution in [0.25, 0.3) is 33.5 Å². The molecule has 14 nitrogen and oxygen atoms in total. The minimum absolute atomic E-state index is 0.151. The average Bonchev–Trinajstić information content (AvgIpc) is 3.68. The fourth-order valence-corrected chi connectivity index (χ4v) is 5.02. The molecule has 0 spiro atoms. The number of nitrogens with zero attached hydrogens (tertiary/aromatic N) is 5. The van der Waals surface area contributed by atoms with Gasteiger partial charge in [0.15, 0.2) is 5.82 Å². The summed E-state index contributed by atoms with van der Waals surface area (Å²) in [4.78, 5) is 44.4. The quantitative estimate of drug-likeness (QED) is 0.139. The summed E-state index contributed by atoms with van der Waals surface area (Å²) in [5.74, 6) is -1.03. The number of ether oxygens (including phenoxy) is 4. The number of esters is 1. The van der Waals surface area contributed by atoms with Crippen LogP contribution < -0.4 is 10.5 Å². The van der Waals surface area contributed by atoms with Gasteiger partial charge in [-0.25, -0.2) is 14.4 Å². The third-order valence-electron chi connectivity index (χ3n) is 7.18. The van der Waals surface area contributed by atoms with Crippen LogP contribution in [0.4, 0.5) is 4.79 Å². The van der Waals surface area contributed by atoms with Gasteiger partial charge in [0.25, 0.3) is 6.01 Å². The summed E-state index contributed by atoms with van der Waals surface area (Å²) in [5, 5.41) is 11.7. The van der Waals surface area contributed by atoms with Crippen molar-refractivity contribution in [2.24, 2.45) is 0 Å². The van der Waals surface area contributed by atoms with Gasteiger partial charge in [0.1, 0.15) is 12.3 Å². The van der Waals surface area contributed by atoms with Gasteiger partial charge in [-0.05, 0) is 54.8 Å². The van der Waals surface area contributed by atoms with Crippen molar-refractivity contribution < 1.29 is 33.1 Å². The van der Waals surface area contributed by atoms with Crippen LogP contribution in [-0.4, -0.2) is 54.9 Å². The van der Waals surface area contributed by atoms with E-state index in [4.69, 9.17) is 23.5 Å². The maximum Gasteiger partial charge on any atom is 0.511 e. The molecule has 1 N–H and O–H groups in total. The number of aromatic nitrogens is 6. The van der Waals surface area contributed by atoms with E-state index in [1.54, 1.807) is 41.8 Å². The highest BCUT2D eigenvalue weighted by Gasteiger charge is 2.23. The van der Waals surface area contributed by atoms with E-state index in [0.29, 0.717) is 47.3 Å². The minimum Gasteiger partial charge on any atom is -0.465 e. The highest BCUT2D eigenvalue weighted by Crippen LogP contribution is 2.31. The Morgan fingerprint density at radius 1 is 0.938 bits per heavy atom. The smallest absolute Gasteiger partial charge is 0.465 e. The first-order valence-corrected chi connectivity index (χ1v) is 15.0. The van der Waals surface area contributed by atoms with Crippen molar-refractivity contribution in [3.63, 3.8) is 0 Å². The van der Waals surface area contributed by atoms with Gasteiger partial charge in [-0.15, -0.1) is 0 Å². The lowest BCUT2D eigenvalue weighted by molar-refractivity contribution is -0.0835. The van der Waals surface area contributed by atoms with Crippen LogP contribution in [0.15, 0.2) is 88.2 Å². The fourth-order valence-electron chi connectivity index (χ4n) is 5.02. The number of para-hydroxylation sites is 1. The van der Waals surface area contributed by atoms with Gasteiger partial charge in [-0.1, -0.05) is 59.8 Å². The number of rotatable bonds is 11. The van der Waals surface area contributed by atoms with Gasteiger partial charge in [-0.2, -0.15) is 15.2 Å². The number of carbonyl (C=O) groups is 2. The molecular weight excluding hydrogens is 620 g/mol. The largest absolute Gasteiger partial charge is 0.511 e. The molecule has 244 valence electrons. The summed E-state index contributed by atoms with van der Waals surface area (Å²) >= 11 is 0. The number of imidazole rings is 1. The van der Waals surface area contributed by atoms with Crippen LogP contribution in [0.5, 0.6) is 6.01 Å². The average molecular weight is 651 g/mol. The molecule has 14 heteroatoms. The van der Waals surface area contributed by atoms with E-state index in [9.17, 15) is 14.4 Å². The molecule has 3 aromatic heterocycles. The highest BCUT2D eigenvalue weighted by molar-refractivity contribution is 6.02. The number of aryl methyl sites for hydroxylation is 1. The molecule has 0 aliphatic carbocycles. The molecule has 0 fully saturated rings. The summed E-state index contributed by atoms with van der Waals surface area (Å²) in [5.41, 5.74) is 5.74. The van der Waals surface area contributed by atoms with E-state index >= 15 is 0 Å². The molecule has 6 rings (SSSR count). The van der Waals surface area contributed by atoms with Crippen molar-refractivity contribution in [1.82, 2.24) is 29.9 Å². The second-order valence-electron chi connectivity index (χ2n) is 10.6. The van der Waals surface area contributed by atoms with Crippen LogP contribution in [0, 0.1) is 6.92 Å². The number of hydrogen-bond acceptors (Lipinski definition) is 12. The zero-order valence-electron chi connectivity index (χ0n) is 26.2. The van der Waals surface area contributed by atoms with Gasteiger partial charge in [0.05, 0.1) is 35.4 Å². The SMILES string of the molecule is CCOc1nc2cccc(C(=O)OC(C)OC(=O)OCc3ccc(C)nn3)c2n1Cc1ccc(-c2ccccc2-c2noc(=O)[nH]2)cc1. The number of fused-ring (bicyclic) bond motifs is 1. The van der Waals surface area contributed by atoms with Crippen LogP contribution in [-0.2, 0) is 27.4 Å². The van der Waals surface area contributed by atoms with E-state index in [0.717, 1.165) is 22.4 Å². The Labute approximate surface area is 273 Å². The zero-order valence-corrected chi connectivity index (χ0v) is 26.2. The number of hydrogen-bond donors (Lipinski definition) is 1. The first-order valence-electron chi connectivity index (χ1n) is 15.0. The first kappa shape index (κ1) is 31.7. The topological polar surface area (TPSA) is 174 Å². The van der Waals surface area contributed by atoms with Crippen molar-refractivity contribution in [2.75, 3.05) is 6.61 Å². The van der Waals surface area contributed by atoms with Crippen LogP contribution >= 0.6 is 0 Å². The van der Waals surface area contributed by atoms with E-state index in [-0.39, 0.29) is 12.2 Å². The number of nitrogens with one attached hydrogen (secondary N) is 1. The molecule has 1 atom stereocenters. The number of aromatic amines is 1. The molecule has 0 amide bonds. The van der Waals surface area contributed by atoms with Crippen LogP contribution in [0.2, 0.25) is 0 Å². The molecule has 0 saturated heterocycles. The summed E-state index contributed by atoms with van der Waals surface area (Å²) < 4.78 is 28.0. The van der Waals surface area contributed by atoms with E-state index < -0.39 is 24.2 Å². The summed E-state index contributed by atoms with van der Waals surface area (Å²) in [6.45, 7) is 5.56. The second kappa shape index (κ2) is 14.0. The first-order chi connectivity index (χ1) is 23.3. The lowest BCUT2D eigenvalue weighted by Gasteiger charge is -2.15. The molecule has 0 aliphatic heterocycles. The van der Waals surface area contributed by atoms with E-state index in [2.05, 4.69) is 25.3 Å². The summed E-state index contributed by atoms with van der Waals surface area (Å²) in [6.07, 6.45) is -2.28. The van der Waals surface area contributed by atoms with Crippen molar-refractivity contribution in [3.05, 3.63) is 112 Å². The monoisotopic (exact) mass is 650 g/mol. The van der Waals surface area contributed by atoms with E-state index in [1.807, 2.05) is 55.5 Å². The second-order valence-corrected chi connectivity index (χ2v) is 10.6. The summed E-state index contributed by atoms with van der Waals surface area (Å²) in [7, 11) is 0. The van der Waals surface area contributed by atoms with Gasteiger partial charge >= 0.3 is 17.9 Å². The summed E-state index contributed by atoms with van der Waals surface area (Å²) in [6, 6.07) is 24.1. The normalized spacial score (nSPS) is 11.6. The van der Waals surface area contributed by atoms with Gasteiger partial charge in [0.2, 0.25) is 6.29 Å². The van der Waals surface area contributed by atoms with Crippen molar-refractivity contribution in [3.8, 4) is 28.5 Å². The molecule has 0 aliphatic rings. The molecular formula is C34H30N6O8. The molecule has 0 saturated carbocycles. The van der Waals surface area contributed by atoms with Gasteiger partial charge < -0.3 is 18.9 Å². The Morgan fingerprint density at radius 3 is 2.44 bits per heavy atom. The number of carbonyl (C=O) groups excluding carboxylic acids is 2. The maximum atomic E-state index is 13.4. The standard InChI is InChI=1S/C34H30N6O8/c1-4-44-32-35-28-11-7-10-27(31(41)46-21(3)47-34(43)45-19-24-17-12-20(2)37-38-24)29(28)40(32)18-22-13-15-23(16-14-22)25-8-5-6-9-26(25)30-36-33(42)48-39-30/h5-17,21H,4,18-19H2,1-3H3,(H,36,39,42). The number of H-pyrrole nitrogens is 1. The van der Waals surface area contributed by atoms with Crippen molar-refractivity contribution in [2.45, 2.75) is 40.2 Å². The predicted octanol–water partition coefficient (Wildman–Crippen LogP) is 5.45. The van der Waals surface area contributed by atoms with Crippen LogP contribution in [0.3, 0.4) is 0 Å². The molecule has 1 unspecified atom stereocenters. The molecule has 0 radical (unpaired) electrons. The zero-order chi connectivity index (χ0) is 33.6. The third-order valence-corrected chi connectivity index (χ3v) is 7.18. The fraction of sp³-hybridized carbons (Fsp3) is 0.206. The third kappa shape index (κ3) is 7.07. The predicted molar refractivity (Wildman–Crippen MR) is 171 cm³/mol. The lowest BCUT2D eigenvalue weighted by atomic mass is 9.98. The molecule has 3 aromatic carbocycles. The van der Waals surface area contributed by atoms with Crippen LogP contribution in [0.1, 0.15) is 41.2 Å². The Kier molecular flexibility index (Phi) is 9.23. The number of benzene rings is 3. The molecule has 3 heterocycles. The molecule has 0 bridgehead atoms. The molecule has 48 heavy (non-hydrogen) atoms. The maximum absolute atomic E-state index is 13.4. The van der Waals surface area contributed by atoms with Gasteiger partial charge in [-0.3, -0.25) is 14.1 Å². The Bertz CT molecular complexity index is 2120. The van der Waals surface area contributed by atoms with E-state index in [1.165, 1.54) is 6.92 Å². The minimum atomic E-state index is -1.25.